The Kier molecular flexibility index (Phi) is 3.82. The molecule has 17 heavy (non-hydrogen) atoms. The molecule has 0 aromatic carbocycles. The first-order valence-corrected chi connectivity index (χ1v) is 6.68. The maximum absolute atomic E-state index is 5.35. The average molecular weight is 269 g/mol. The predicted molar refractivity (Wildman–Crippen MR) is 66.7 cm³/mol. The molecule has 0 atom stereocenters. The molecule has 7 nitrogen and oxygen atoms in total. The van der Waals surface area contributed by atoms with Gasteiger partial charge in [0.1, 0.15) is 17.2 Å². The van der Waals surface area contributed by atoms with Gasteiger partial charge in [-0.15, -0.1) is 10.2 Å². The number of thioether (sulfide) groups is 1. The molecule has 9 heteroatoms. The summed E-state index contributed by atoms with van der Waals surface area (Å²) in [5, 5.41) is 9.98. The van der Waals surface area contributed by atoms with Gasteiger partial charge in [0.05, 0.1) is 0 Å². The summed E-state index contributed by atoms with van der Waals surface area (Å²) in [5.41, 5.74) is 2.52. The molecule has 2 heterocycles. The standard InChI is InChI=1S/C8H11N7S2/c1-15-4-10-14-8(15)17-6-3-5(13-9)11-7(12-6)16-2/h3-4H,9H2,1-2H3,(H,11,12,13). The fraction of sp³-hybridized carbons (Fsp3) is 0.250. The van der Waals surface area contributed by atoms with E-state index in [-0.39, 0.29) is 0 Å². The van der Waals surface area contributed by atoms with Crippen LogP contribution in [0, 0.1) is 0 Å². The molecule has 0 fully saturated rings. The second-order valence-electron chi connectivity index (χ2n) is 3.05. The molecule has 2 aromatic rings. The summed E-state index contributed by atoms with van der Waals surface area (Å²) in [6.45, 7) is 0. The lowest BCUT2D eigenvalue weighted by Crippen LogP contribution is -2.09. The van der Waals surface area contributed by atoms with Crippen molar-refractivity contribution in [3.63, 3.8) is 0 Å². The van der Waals surface area contributed by atoms with Crippen LogP contribution in [-0.4, -0.2) is 31.0 Å². The molecule has 0 spiro atoms. The third-order valence-electron chi connectivity index (χ3n) is 1.88. The number of aromatic nitrogens is 5. The van der Waals surface area contributed by atoms with Gasteiger partial charge in [-0.25, -0.2) is 15.8 Å². The Labute approximate surface area is 107 Å². The fourth-order valence-corrected chi connectivity index (χ4v) is 2.29. The highest BCUT2D eigenvalue weighted by molar-refractivity contribution is 7.99. The number of hydrazine groups is 1. The van der Waals surface area contributed by atoms with Crippen LogP contribution in [0.15, 0.2) is 27.7 Å². The van der Waals surface area contributed by atoms with Crippen LogP contribution < -0.4 is 11.3 Å². The highest BCUT2D eigenvalue weighted by Gasteiger charge is 2.08. The van der Waals surface area contributed by atoms with E-state index in [1.54, 1.807) is 12.4 Å². The third kappa shape index (κ3) is 2.87. The maximum Gasteiger partial charge on any atom is 0.197 e. The van der Waals surface area contributed by atoms with Crippen molar-refractivity contribution in [3.8, 4) is 0 Å². The number of nitrogens with one attached hydrogen (secondary N) is 1. The van der Waals surface area contributed by atoms with Crippen molar-refractivity contribution in [2.75, 3.05) is 11.7 Å². The van der Waals surface area contributed by atoms with Gasteiger partial charge in [-0.05, 0) is 18.0 Å². The Morgan fingerprint density at radius 3 is 2.82 bits per heavy atom. The topological polar surface area (TPSA) is 94.5 Å². The fourth-order valence-electron chi connectivity index (χ4n) is 1.08. The van der Waals surface area contributed by atoms with Crippen LogP contribution in [0.1, 0.15) is 0 Å². The third-order valence-corrected chi connectivity index (χ3v) is 3.40. The lowest BCUT2D eigenvalue weighted by atomic mass is 10.6. The van der Waals surface area contributed by atoms with Crippen LogP contribution >= 0.6 is 23.5 Å². The van der Waals surface area contributed by atoms with Crippen molar-refractivity contribution in [1.82, 2.24) is 24.7 Å². The number of nitrogens with zero attached hydrogens (tertiary/aromatic N) is 5. The molecular formula is C8H11N7S2. The second kappa shape index (κ2) is 5.34. The van der Waals surface area contributed by atoms with Gasteiger partial charge < -0.3 is 9.99 Å². The highest BCUT2D eigenvalue weighted by atomic mass is 32.2. The quantitative estimate of drug-likeness (QED) is 0.276. The summed E-state index contributed by atoms with van der Waals surface area (Å²) in [4.78, 5) is 8.54. The Hall–Kier alpha value is -1.32. The van der Waals surface area contributed by atoms with Crippen molar-refractivity contribution in [2.45, 2.75) is 15.3 Å². The van der Waals surface area contributed by atoms with Gasteiger partial charge in [-0.3, -0.25) is 0 Å². The predicted octanol–water partition coefficient (Wildman–Crippen LogP) is 0.764. The first kappa shape index (κ1) is 12.1. The van der Waals surface area contributed by atoms with E-state index in [9.17, 15) is 0 Å². The van der Waals surface area contributed by atoms with Gasteiger partial charge in [0.25, 0.3) is 0 Å². The van der Waals surface area contributed by atoms with Crippen molar-refractivity contribution >= 4 is 29.3 Å². The van der Waals surface area contributed by atoms with Crippen LogP contribution in [0.2, 0.25) is 0 Å². The molecule has 2 rings (SSSR count). The number of nitrogens with two attached hydrogens (primary N) is 1. The average Bonchev–Trinajstić information content (AvgIpc) is 2.74. The largest absolute Gasteiger partial charge is 0.311 e. The summed E-state index contributed by atoms with van der Waals surface area (Å²) in [6.07, 6.45) is 3.55. The molecule has 0 aliphatic rings. The first-order chi connectivity index (χ1) is 8.22. The zero-order valence-electron chi connectivity index (χ0n) is 9.28. The van der Waals surface area contributed by atoms with E-state index in [1.807, 2.05) is 17.9 Å². The van der Waals surface area contributed by atoms with E-state index in [0.29, 0.717) is 11.0 Å². The number of aryl methyl sites for hydroxylation is 1. The van der Waals surface area contributed by atoms with Gasteiger partial charge in [0.2, 0.25) is 0 Å². The van der Waals surface area contributed by atoms with Gasteiger partial charge in [-0.2, -0.15) is 0 Å². The number of rotatable bonds is 4. The minimum atomic E-state index is 0.578. The first-order valence-electron chi connectivity index (χ1n) is 4.64. The second-order valence-corrected chi connectivity index (χ2v) is 4.81. The molecule has 90 valence electrons. The maximum atomic E-state index is 5.35. The normalized spacial score (nSPS) is 10.5. The highest BCUT2D eigenvalue weighted by Crippen LogP contribution is 2.26. The van der Waals surface area contributed by atoms with Gasteiger partial charge >= 0.3 is 0 Å². The van der Waals surface area contributed by atoms with E-state index >= 15 is 0 Å². The van der Waals surface area contributed by atoms with Crippen molar-refractivity contribution < 1.29 is 0 Å². The summed E-state index contributed by atoms with van der Waals surface area (Å²) in [5.74, 6) is 5.93. The summed E-state index contributed by atoms with van der Waals surface area (Å²) in [7, 11) is 1.88. The lowest BCUT2D eigenvalue weighted by Gasteiger charge is -2.05. The smallest absolute Gasteiger partial charge is 0.197 e. The monoisotopic (exact) mass is 269 g/mol. The number of anilines is 1. The zero-order chi connectivity index (χ0) is 12.3. The van der Waals surface area contributed by atoms with Crippen LogP contribution in [0.4, 0.5) is 5.82 Å². The molecule has 0 aliphatic heterocycles. The summed E-state index contributed by atoms with van der Waals surface area (Å²) < 4.78 is 1.82. The van der Waals surface area contributed by atoms with Crippen molar-refractivity contribution in [3.05, 3.63) is 12.4 Å². The summed E-state index contributed by atoms with van der Waals surface area (Å²) in [6, 6.07) is 1.76. The van der Waals surface area contributed by atoms with Gasteiger partial charge in [0.15, 0.2) is 10.3 Å². The zero-order valence-corrected chi connectivity index (χ0v) is 10.9. The molecular weight excluding hydrogens is 258 g/mol. The van der Waals surface area contributed by atoms with E-state index < -0.39 is 0 Å². The van der Waals surface area contributed by atoms with Crippen LogP contribution in [0.5, 0.6) is 0 Å². The molecule has 2 aromatic heterocycles. The van der Waals surface area contributed by atoms with Crippen LogP contribution in [0.3, 0.4) is 0 Å². The number of nitrogen functional groups attached to an aromatic ring is 1. The lowest BCUT2D eigenvalue weighted by molar-refractivity contribution is 0.784. The van der Waals surface area contributed by atoms with E-state index in [4.69, 9.17) is 5.84 Å². The Bertz CT molecular complexity index is 490. The summed E-state index contributed by atoms with van der Waals surface area (Å²) >= 11 is 2.86. The number of hydrogen-bond acceptors (Lipinski definition) is 8. The Morgan fingerprint density at radius 1 is 1.41 bits per heavy atom. The minimum Gasteiger partial charge on any atom is -0.311 e. The molecule has 3 N–H and O–H groups in total. The van der Waals surface area contributed by atoms with Gasteiger partial charge in [-0.1, -0.05) is 11.8 Å². The minimum absolute atomic E-state index is 0.578. The van der Waals surface area contributed by atoms with E-state index in [2.05, 4.69) is 25.6 Å². The Balaban J connectivity index is 2.29. The molecule has 0 saturated heterocycles. The molecule has 0 saturated carbocycles. The SMILES string of the molecule is CSc1nc(NN)cc(Sc2nncn2C)n1. The Morgan fingerprint density at radius 2 is 2.24 bits per heavy atom. The van der Waals surface area contributed by atoms with Crippen LogP contribution in [0.25, 0.3) is 0 Å². The van der Waals surface area contributed by atoms with Crippen LogP contribution in [-0.2, 0) is 7.05 Å². The van der Waals surface area contributed by atoms with Gasteiger partial charge in [0, 0.05) is 13.1 Å². The molecule has 0 amide bonds. The number of hydrogen-bond donors (Lipinski definition) is 2. The van der Waals surface area contributed by atoms with E-state index in [1.165, 1.54) is 23.5 Å². The van der Waals surface area contributed by atoms with Crippen molar-refractivity contribution in [2.24, 2.45) is 12.9 Å². The molecule has 0 unspecified atom stereocenters. The van der Waals surface area contributed by atoms with E-state index in [0.717, 1.165) is 10.2 Å². The molecule has 0 bridgehead atoms. The van der Waals surface area contributed by atoms with Crippen molar-refractivity contribution in [1.29, 1.82) is 0 Å². The molecule has 0 radical (unpaired) electrons. The molecule has 0 aliphatic carbocycles.